The summed E-state index contributed by atoms with van der Waals surface area (Å²) >= 11 is 0. The summed E-state index contributed by atoms with van der Waals surface area (Å²) in [5.41, 5.74) is 0. The lowest BCUT2D eigenvalue weighted by Gasteiger charge is -2.21. The fourth-order valence-corrected chi connectivity index (χ4v) is 8.93. The van der Waals surface area contributed by atoms with Crippen molar-refractivity contribution >= 4 is 5.91 Å². The molecule has 0 spiro atoms. The smallest absolute Gasteiger partial charge is 0.222 e. The number of carbonyl (C=O) groups is 1. The molecule has 5 nitrogen and oxygen atoms in total. The predicted octanol–water partition coefficient (Wildman–Crippen LogP) is 17.3. The van der Waals surface area contributed by atoms with Crippen LogP contribution in [-0.4, -0.2) is 46.1 Å². The van der Waals surface area contributed by atoms with Crippen LogP contribution in [0.2, 0.25) is 0 Å². The molecule has 0 aliphatic carbocycles. The van der Waals surface area contributed by atoms with E-state index in [1.807, 2.05) is 6.08 Å². The van der Waals surface area contributed by atoms with Gasteiger partial charge in [-0.15, -0.1) is 0 Å². The minimum atomic E-state index is -0.928. The second-order valence-electron chi connectivity index (χ2n) is 19.5. The van der Waals surface area contributed by atoms with E-state index in [1.165, 1.54) is 257 Å². The Hall–Kier alpha value is -1.17. The van der Waals surface area contributed by atoms with Crippen molar-refractivity contribution in [2.24, 2.45) is 0 Å². The maximum atomic E-state index is 12.5. The number of rotatable bonds is 52. The Labute approximate surface area is 388 Å². The van der Waals surface area contributed by atoms with E-state index >= 15 is 0 Å². The van der Waals surface area contributed by atoms with Gasteiger partial charge in [-0.3, -0.25) is 4.79 Å². The molecule has 368 valence electrons. The van der Waals surface area contributed by atoms with Gasteiger partial charge in [0.15, 0.2) is 0 Å². The van der Waals surface area contributed by atoms with Crippen LogP contribution in [0.15, 0.2) is 24.3 Å². The molecule has 0 aromatic carbocycles. The van der Waals surface area contributed by atoms with Gasteiger partial charge in [-0.05, 0) is 44.9 Å². The lowest BCUT2D eigenvalue weighted by molar-refractivity contribution is -0.124. The molecule has 3 unspecified atom stereocenters. The first-order chi connectivity index (χ1) is 30.5. The molecule has 0 rings (SSSR count). The molecule has 0 heterocycles. The Morgan fingerprint density at radius 3 is 0.984 bits per heavy atom. The molecule has 0 saturated heterocycles. The summed E-state index contributed by atoms with van der Waals surface area (Å²) in [6.45, 7) is 4.25. The molecule has 3 atom stereocenters. The number of unbranched alkanes of at least 4 members (excludes halogenated alkanes) is 41. The van der Waals surface area contributed by atoms with Crippen molar-refractivity contribution in [1.82, 2.24) is 5.32 Å². The molecule has 0 aromatic heterocycles. The number of hydrogen-bond acceptors (Lipinski definition) is 4. The van der Waals surface area contributed by atoms with Crippen LogP contribution in [0, 0.1) is 0 Å². The molecule has 1 amide bonds. The quantitative estimate of drug-likeness (QED) is 0.0362. The summed E-state index contributed by atoms with van der Waals surface area (Å²) < 4.78 is 0. The highest BCUT2D eigenvalue weighted by Crippen LogP contribution is 2.17. The van der Waals surface area contributed by atoms with Gasteiger partial charge in [0.2, 0.25) is 5.91 Å². The van der Waals surface area contributed by atoms with Crippen LogP contribution in [0.5, 0.6) is 0 Å². The van der Waals surface area contributed by atoms with E-state index in [2.05, 4.69) is 31.3 Å². The third-order valence-electron chi connectivity index (χ3n) is 13.2. The highest BCUT2D eigenvalue weighted by Gasteiger charge is 2.20. The minimum Gasteiger partial charge on any atom is -0.394 e. The fourth-order valence-electron chi connectivity index (χ4n) is 8.93. The summed E-state index contributed by atoms with van der Waals surface area (Å²) in [6, 6.07) is -0.743. The topological polar surface area (TPSA) is 89.8 Å². The van der Waals surface area contributed by atoms with Crippen molar-refractivity contribution in [2.75, 3.05) is 6.61 Å². The van der Waals surface area contributed by atoms with E-state index in [1.54, 1.807) is 6.08 Å². The van der Waals surface area contributed by atoms with Gasteiger partial charge in [-0.25, -0.2) is 0 Å². The Morgan fingerprint density at radius 2 is 0.677 bits per heavy atom. The lowest BCUT2D eigenvalue weighted by Crippen LogP contribution is -2.45. The monoisotopic (exact) mass is 874 g/mol. The van der Waals surface area contributed by atoms with Gasteiger partial charge in [0, 0.05) is 0 Å². The number of carbonyl (C=O) groups excluding carboxylic acids is 1. The molecule has 0 aliphatic rings. The molecule has 0 radical (unpaired) electrons. The van der Waals surface area contributed by atoms with E-state index in [0.717, 1.165) is 25.7 Å². The number of nitrogens with one attached hydrogen (secondary N) is 1. The third kappa shape index (κ3) is 48.3. The number of aliphatic hydroxyl groups is 3. The average Bonchev–Trinajstić information content (AvgIpc) is 3.27. The zero-order chi connectivity index (χ0) is 45.1. The van der Waals surface area contributed by atoms with Gasteiger partial charge < -0.3 is 20.6 Å². The van der Waals surface area contributed by atoms with Gasteiger partial charge in [0.25, 0.3) is 0 Å². The second kappa shape index (κ2) is 52.5. The summed E-state index contributed by atoms with van der Waals surface area (Å²) in [7, 11) is 0. The molecular formula is C57H111NO4. The van der Waals surface area contributed by atoms with Crippen LogP contribution in [0.1, 0.15) is 309 Å². The van der Waals surface area contributed by atoms with E-state index in [9.17, 15) is 20.1 Å². The van der Waals surface area contributed by atoms with E-state index in [4.69, 9.17) is 0 Å². The van der Waals surface area contributed by atoms with Gasteiger partial charge in [0.05, 0.1) is 31.3 Å². The van der Waals surface area contributed by atoms with Crippen molar-refractivity contribution in [3.05, 3.63) is 24.3 Å². The summed E-state index contributed by atoms with van der Waals surface area (Å²) in [5, 5.41) is 33.5. The predicted molar refractivity (Wildman–Crippen MR) is 273 cm³/mol. The van der Waals surface area contributed by atoms with E-state index < -0.39 is 18.2 Å². The minimum absolute atomic E-state index is 0.0159. The largest absolute Gasteiger partial charge is 0.394 e. The average molecular weight is 875 g/mol. The highest BCUT2D eigenvalue weighted by molar-refractivity contribution is 5.76. The lowest BCUT2D eigenvalue weighted by atomic mass is 10.0. The number of amides is 1. The zero-order valence-electron chi connectivity index (χ0n) is 42.0. The molecule has 4 N–H and O–H groups in total. The van der Waals surface area contributed by atoms with Gasteiger partial charge >= 0.3 is 0 Å². The Morgan fingerprint density at radius 1 is 0.403 bits per heavy atom. The van der Waals surface area contributed by atoms with Crippen LogP contribution in [0.25, 0.3) is 0 Å². The first kappa shape index (κ1) is 60.8. The molecule has 62 heavy (non-hydrogen) atoms. The standard InChI is InChI=1S/C57H111NO4/c1-3-5-7-9-11-13-15-17-19-21-23-25-26-27-28-29-30-31-32-34-36-38-40-42-44-46-48-50-54(60)52-57(62)58-55(53-59)56(61)51-49-47-45-43-41-39-37-35-33-24-22-20-18-16-14-12-10-8-6-4-2/h27-28,49,51,54-56,59-61H,3-26,29-48,50,52-53H2,1-2H3,(H,58,62)/b28-27-,51-49+. The zero-order valence-corrected chi connectivity index (χ0v) is 42.0. The fraction of sp³-hybridized carbons (Fsp3) is 0.912. The van der Waals surface area contributed by atoms with Crippen molar-refractivity contribution in [3.8, 4) is 0 Å². The maximum absolute atomic E-state index is 12.5. The number of hydrogen-bond donors (Lipinski definition) is 4. The van der Waals surface area contributed by atoms with E-state index in [0.29, 0.717) is 6.42 Å². The molecule has 0 fully saturated rings. The molecule has 0 bridgehead atoms. The number of allylic oxidation sites excluding steroid dienone is 3. The second-order valence-corrected chi connectivity index (χ2v) is 19.5. The number of aliphatic hydroxyl groups excluding tert-OH is 3. The van der Waals surface area contributed by atoms with Crippen LogP contribution in [-0.2, 0) is 4.79 Å². The Balaban J connectivity index is 3.55. The van der Waals surface area contributed by atoms with Gasteiger partial charge in [-0.2, -0.15) is 0 Å². The summed E-state index contributed by atoms with van der Waals surface area (Å²) in [4.78, 5) is 12.5. The van der Waals surface area contributed by atoms with Crippen molar-refractivity contribution in [2.45, 2.75) is 327 Å². The van der Waals surface area contributed by atoms with Crippen LogP contribution in [0.4, 0.5) is 0 Å². The molecular weight excluding hydrogens is 763 g/mol. The van der Waals surface area contributed by atoms with Gasteiger partial charge in [-0.1, -0.05) is 282 Å². The summed E-state index contributed by atoms with van der Waals surface area (Å²) in [6.07, 6.45) is 66.5. The van der Waals surface area contributed by atoms with Crippen molar-refractivity contribution in [1.29, 1.82) is 0 Å². The Kier molecular flexibility index (Phi) is 51.5. The first-order valence-electron chi connectivity index (χ1n) is 28.1. The van der Waals surface area contributed by atoms with Crippen LogP contribution >= 0.6 is 0 Å². The van der Waals surface area contributed by atoms with Gasteiger partial charge in [0.1, 0.15) is 0 Å². The summed E-state index contributed by atoms with van der Waals surface area (Å²) in [5.74, 6) is -0.311. The van der Waals surface area contributed by atoms with E-state index in [-0.39, 0.29) is 18.9 Å². The third-order valence-corrected chi connectivity index (χ3v) is 13.2. The molecule has 0 saturated carbocycles. The van der Waals surface area contributed by atoms with Crippen molar-refractivity contribution in [3.63, 3.8) is 0 Å². The van der Waals surface area contributed by atoms with Crippen LogP contribution in [0.3, 0.4) is 0 Å². The maximum Gasteiger partial charge on any atom is 0.222 e. The van der Waals surface area contributed by atoms with Crippen LogP contribution < -0.4 is 5.32 Å². The highest BCUT2D eigenvalue weighted by atomic mass is 16.3. The van der Waals surface area contributed by atoms with Crippen molar-refractivity contribution < 1.29 is 20.1 Å². The SMILES string of the molecule is CCCCCCCCCCCCCC/C=C\CCCCCCCCCCCCCC(O)CC(=O)NC(CO)C(O)/C=C/CCCCCCCCCCCCCCCCCCCC. The first-order valence-corrected chi connectivity index (χ1v) is 28.1. The molecule has 0 aromatic rings. The molecule has 0 aliphatic heterocycles. The molecule has 5 heteroatoms. The normalized spacial score (nSPS) is 13.4. The Bertz CT molecular complexity index is 920.